The summed E-state index contributed by atoms with van der Waals surface area (Å²) in [5, 5.41) is 4.84. The Kier molecular flexibility index (Phi) is 3.01. The Balaban J connectivity index is 2.03. The van der Waals surface area contributed by atoms with Crippen LogP contribution in [0.2, 0.25) is 0 Å². The van der Waals surface area contributed by atoms with Crippen LogP contribution < -0.4 is 5.32 Å². The minimum atomic E-state index is 1.13. The molecule has 1 N–H and O–H groups in total. The summed E-state index contributed by atoms with van der Waals surface area (Å²) in [6.45, 7) is 6.45. The first-order chi connectivity index (χ1) is 9.54. The largest absolute Gasteiger partial charge is 0.355 e. The van der Waals surface area contributed by atoms with Crippen LogP contribution in [0.5, 0.6) is 0 Å². The first-order valence-corrected chi connectivity index (χ1v) is 6.94. The average molecular weight is 264 g/mol. The molecule has 2 nitrogen and oxygen atoms in total. The summed E-state index contributed by atoms with van der Waals surface area (Å²) in [6, 6.07) is 13.1. The summed E-state index contributed by atoms with van der Waals surface area (Å²) >= 11 is 0. The highest BCUT2D eigenvalue weighted by Gasteiger charge is 2.05. The van der Waals surface area contributed by atoms with Crippen LogP contribution in [0.1, 0.15) is 16.7 Å². The molecule has 0 saturated carbocycles. The maximum atomic E-state index is 3.56. The quantitative estimate of drug-likeness (QED) is 0.700. The maximum Gasteiger partial charge on any atom is 0.0498 e. The second-order valence-electron chi connectivity index (χ2n) is 5.60. The SMILES string of the molecule is Cc1cc(C)c(Nc2ccc3ccn(C)c3c2)c(C)c1. The van der Waals surface area contributed by atoms with Crippen molar-refractivity contribution in [3.63, 3.8) is 0 Å². The highest BCUT2D eigenvalue weighted by atomic mass is 14.9. The van der Waals surface area contributed by atoms with Crippen LogP contribution in [-0.2, 0) is 7.05 Å². The van der Waals surface area contributed by atoms with E-state index in [4.69, 9.17) is 0 Å². The first-order valence-electron chi connectivity index (χ1n) is 6.94. The summed E-state index contributed by atoms with van der Waals surface area (Å²) in [7, 11) is 2.08. The van der Waals surface area contributed by atoms with E-state index in [1.54, 1.807) is 0 Å². The number of aryl methyl sites for hydroxylation is 4. The number of anilines is 2. The van der Waals surface area contributed by atoms with Crippen molar-refractivity contribution in [2.75, 3.05) is 5.32 Å². The normalized spacial score (nSPS) is 11.0. The van der Waals surface area contributed by atoms with Crippen molar-refractivity contribution in [2.45, 2.75) is 20.8 Å². The van der Waals surface area contributed by atoms with Gasteiger partial charge in [0.05, 0.1) is 0 Å². The molecule has 0 radical (unpaired) electrons. The fourth-order valence-electron chi connectivity index (χ4n) is 2.86. The molecule has 0 unspecified atom stereocenters. The van der Waals surface area contributed by atoms with Crippen LogP contribution in [0.15, 0.2) is 42.6 Å². The molecule has 0 bridgehead atoms. The molecule has 2 heteroatoms. The summed E-state index contributed by atoms with van der Waals surface area (Å²) in [5.41, 5.74) is 7.48. The molecule has 0 saturated heterocycles. The number of rotatable bonds is 2. The molecule has 3 rings (SSSR count). The topological polar surface area (TPSA) is 17.0 Å². The van der Waals surface area contributed by atoms with Crippen molar-refractivity contribution in [1.29, 1.82) is 0 Å². The van der Waals surface area contributed by atoms with Gasteiger partial charge in [-0.2, -0.15) is 0 Å². The second kappa shape index (κ2) is 4.71. The van der Waals surface area contributed by atoms with Crippen LogP contribution in [0.25, 0.3) is 10.9 Å². The van der Waals surface area contributed by atoms with Crippen molar-refractivity contribution in [3.8, 4) is 0 Å². The van der Waals surface area contributed by atoms with Crippen LogP contribution in [0, 0.1) is 20.8 Å². The zero-order chi connectivity index (χ0) is 14.3. The van der Waals surface area contributed by atoms with E-state index in [2.05, 4.69) is 80.3 Å². The number of nitrogens with zero attached hydrogens (tertiary/aromatic N) is 1. The molecule has 0 fully saturated rings. The van der Waals surface area contributed by atoms with Gasteiger partial charge in [-0.05, 0) is 55.5 Å². The molecule has 0 aliphatic rings. The lowest BCUT2D eigenvalue weighted by atomic mass is 10.0. The third-order valence-corrected chi connectivity index (χ3v) is 3.83. The molecule has 0 amide bonds. The summed E-state index contributed by atoms with van der Waals surface area (Å²) in [5.74, 6) is 0. The zero-order valence-corrected chi connectivity index (χ0v) is 12.5. The second-order valence-corrected chi connectivity index (χ2v) is 5.60. The number of aromatic nitrogens is 1. The van der Waals surface area contributed by atoms with E-state index in [1.165, 1.54) is 33.3 Å². The maximum absolute atomic E-state index is 3.56. The zero-order valence-electron chi connectivity index (χ0n) is 12.5. The monoisotopic (exact) mass is 264 g/mol. The summed E-state index contributed by atoms with van der Waals surface area (Å²) < 4.78 is 2.15. The van der Waals surface area contributed by atoms with E-state index in [1.807, 2.05) is 0 Å². The molecule has 0 aliphatic heterocycles. The fourth-order valence-corrected chi connectivity index (χ4v) is 2.86. The number of hydrogen-bond donors (Lipinski definition) is 1. The van der Waals surface area contributed by atoms with Crippen LogP contribution in [0.3, 0.4) is 0 Å². The van der Waals surface area contributed by atoms with Crippen molar-refractivity contribution in [1.82, 2.24) is 4.57 Å². The first kappa shape index (κ1) is 12.8. The Morgan fingerprint density at radius 2 is 1.60 bits per heavy atom. The van der Waals surface area contributed by atoms with Gasteiger partial charge in [0, 0.05) is 30.1 Å². The fraction of sp³-hybridized carbons (Fsp3) is 0.222. The van der Waals surface area contributed by atoms with Gasteiger partial charge < -0.3 is 9.88 Å². The van der Waals surface area contributed by atoms with E-state index < -0.39 is 0 Å². The molecular weight excluding hydrogens is 244 g/mol. The molecular formula is C18H20N2. The van der Waals surface area contributed by atoms with Gasteiger partial charge in [-0.1, -0.05) is 23.8 Å². The molecule has 0 aliphatic carbocycles. The standard InChI is InChI=1S/C18H20N2/c1-12-9-13(2)18(14(3)10-12)19-16-6-5-15-7-8-20(4)17(15)11-16/h5-11,19H,1-4H3. The molecule has 2 aromatic carbocycles. The minimum Gasteiger partial charge on any atom is -0.355 e. The Hall–Kier alpha value is -2.22. The van der Waals surface area contributed by atoms with Crippen molar-refractivity contribution < 1.29 is 0 Å². The predicted molar refractivity (Wildman–Crippen MR) is 86.9 cm³/mol. The number of fused-ring (bicyclic) bond motifs is 1. The highest BCUT2D eigenvalue weighted by molar-refractivity contribution is 5.85. The highest BCUT2D eigenvalue weighted by Crippen LogP contribution is 2.28. The van der Waals surface area contributed by atoms with Gasteiger partial charge in [-0.15, -0.1) is 0 Å². The number of nitrogens with one attached hydrogen (secondary N) is 1. The number of hydrogen-bond acceptors (Lipinski definition) is 1. The molecule has 1 heterocycles. The lowest BCUT2D eigenvalue weighted by Gasteiger charge is -2.14. The van der Waals surface area contributed by atoms with Crippen LogP contribution >= 0.6 is 0 Å². The van der Waals surface area contributed by atoms with Gasteiger partial charge in [-0.3, -0.25) is 0 Å². The Morgan fingerprint density at radius 1 is 0.900 bits per heavy atom. The Labute approximate surface area is 120 Å². The van der Waals surface area contributed by atoms with E-state index >= 15 is 0 Å². The third-order valence-electron chi connectivity index (χ3n) is 3.83. The van der Waals surface area contributed by atoms with E-state index in [-0.39, 0.29) is 0 Å². The predicted octanol–water partition coefficient (Wildman–Crippen LogP) is 4.85. The lowest BCUT2D eigenvalue weighted by Crippen LogP contribution is -1.97. The lowest BCUT2D eigenvalue weighted by molar-refractivity contribution is 0.969. The van der Waals surface area contributed by atoms with Gasteiger partial charge in [0.25, 0.3) is 0 Å². The Bertz CT molecular complexity index is 758. The van der Waals surface area contributed by atoms with Crippen molar-refractivity contribution in [2.24, 2.45) is 7.05 Å². The molecule has 20 heavy (non-hydrogen) atoms. The van der Waals surface area contributed by atoms with Gasteiger partial charge in [-0.25, -0.2) is 0 Å². The minimum absolute atomic E-state index is 1.13. The van der Waals surface area contributed by atoms with Crippen LogP contribution in [-0.4, -0.2) is 4.57 Å². The Morgan fingerprint density at radius 3 is 2.30 bits per heavy atom. The van der Waals surface area contributed by atoms with Gasteiger partial charge in [0.15, 0.2) is 0 Å². The smallest absolute Gasteiger partial charge is 0.0498 e. The molecule has 3 aromatic rings. The van der Waals surface area contributed by atoms with Crippen LogP contribution in [0.4, 0.5) is 11.4 Å². The summed E-state index contributed by atoms with van der Waals surface area (Å²) in [4.78, 5) is 0. The van der Waals surface area contributed by atoms with Crippen molar-refractivity contribution in [3.05, 3.63) is 59.3 Å². The molecule has 102 valence electrons. The number of benzene rings is 2. The van der Waals surface area contributed by atoms with Gasteiger partial charge in [0.2, 0.25) is 0 Å². The molecule has 1 aromatic heterocycles. The third kappa shape index (κ3) is 2.18. The molecule has 0 atom stereocenters. The van der Waals surface area contributed by atoms with E-state index in [0.29, 0.717) is 0 Å². The van der Waals surface area contributed by atoms with Gasteiger partial charge in [0.1, 0.15) is 0 Å². The van der Waals surface area contributed by atoms with E-state index in [0.717, 1.165) is 5.69 Å². The molecule has 0 spiro atoms. The van der Waals surface area contributed by atoms with Gasteiger partial charge >= 0.3 is 0 Å². The van der Waals surface area contributed by atoms with E-state index in [9.17, 15) is 0 Å². The summed E-state index contributed by atoms with van der Waals surface area (Å²) in [6.07, 6.45) is 2.09. The van der Waals surface area contributed by atoms with Crippen molar-refractivity contribution >= 4 is 22.3 Å². The average Bonchev–Trinajstić information content (AvgIpc) is 2.75.